The quantitative estimate of drug-likeness (QED) is 0.782. The Hall–Kier alpha value is -1.65. The first kappa shape index (κ1) is 16.7. The van der Waals surface area contributed by atoms with Gasteiger partial charge in [0.05, 0.1) is 12.9 Å². The molecule has 5 heteroatoms. The van der Waals surface area contributed by atoms with Gasteiger partial charge in [-0.05, 0) is 48.4 Å². The molecule has 0 aliphatic rings. The molecule has 0 fully saturated rings. The summed E-state index contributed by atoms with van der Waals surface area (Å²) < 4.78 is 5.10. The summed E-state index contributed by atoms with van der Waals surface area (Å²) in [5.41, 5.74) is 1.16. The summed E-state index contributed by atoms with van der Waals surface area (Å²) >= 11 is 7.35. The van der Waals surface area contributed by atoms with Gasteiger partial charge in [-0.15, -0.1) is 11.8 Å². The first-order valence-electron chi connectivity index (χ1n) is 6.95. The number of methoxy groups -OCH3 is 1. The predicted molar refractivity (Wildman–Crippen MR) is 91.9 cm³/mol. The Bertz CT molecular complexity index is 599. The molecule has 0 heterocycles. The van der Waals surface area contributed by atoms with Crippen LogP contribution in [0.15, 0.2) is 53.4 Å². The van der Waals surface area contributed by atoms with Crippen molar-refractivity contribution in [1.29, 1.82) is 0 Å². The lowest BCUT2D eigenvalue weighted by molar-refractivity contribution is -0.118. The minimum Gasteiger partial charge on any atom is -0.497 e. The molecule has 3 nitrogen and oxygen atoms in total. The van der Waals surface area contributed by atoms with Crippen molar-refractivity contribution in [3.8, 4) is 5.75 Å². The molecule has 0 aliphatic heterocycles. The number of hydrogen-bond donors (Lipinski definition) is 1. The number of carbonyl (C=O) groups is 1. The normalized spacial score (nSPS) is 10.3. The van der Waals surface area contributed by atoms with Crippen LogP contribution in [-0.4, -0.2) is 25.3 Å². The molecule has 0 unspecified atom stereocenters. The first-order valence-corrected chi connectivity index (χ1v) is 8.32. The van der Waals surface area contributed by atoms with Crippen LogP contribution >= 0.6 is 23.4 Å². The Kier molecular flexibility index (Phi) is 6.62. The molecule has 0 saturated carbocycles. The fourth-order valence-corrected chi connectivity index (χ4v) is 2.72. The number of carbonyl (C=O) groups excluding carboxylic acids is 1. The molecule has 2 aromatic rings. The maximum atomic E-state index is 11.8. The van der Waals surface area contributed by atoms with Crippen molar-refractivity contribution < 1.29 is 9.53 Å². The van der Waals surface area contributed by atoms with E-state index < -0.39 is 0 Å². The fraction of sp³-hybridized carbons (Fsp3) is 0.235. The molecule has 0 aliphatic carbocycles. The molecule has 0 saturated heterocycles. The number of halogens is 1. The predicted octanol–water partition coefficient (Wildman–Crippen LogP) is 3.80. The topological polar surface area (TPSA) is 38.3 Å². The van der Waals surface area contributed by atoms with E-state index in [0.717, 1.165) is 27.7 Å². The van der Waals surface area contributed by atoms with E-state index in [2.05, 4.69) is 5.32 Å². The van der Waals surface area contributed by atoms with E-state index in [1.165, 1.54) is 11.8 Å². The Morgan fingerprint density at radius 1 is 1.14 bits per heavy atom. The summed E-state index contributed by atoms with van der Waals surface area (Å²) in [5.74, 6) is 1.26. The van der Waals surface area contributed by atoms with E-state index in [9.17, 15) is 4.79 Å². The molecule has 2 rings (SSSR count). The maximum Gasteiger partial charge on any atom is 0.230 e. The Morgan fingerprint density at radius 2 is 1.82 bits per heavy atom. The van der Waals surface area contributed by atoms with Crippen molar-refractivity contribution in [2.45, 2.75) is 11.3 Å². The van der Waals surface area contributed by atoms with Crippen LogP contribution in [0.1, 0.15) is 5.56 Å². The summed E-state index contributed by atoms with van der Waals surface area (Å²) in [5, 5.41) is 3.65. The molecule has 0 radical (unpaired) electrons. The third-order valence-electron chi connectivity index (χ3n) is 3.08. The molecule has 0 spiro atoms. The van der Waals surface area contributed by atoms with E-state index in [0.29, 0.717) is 12.3 Å². The lowest BCUT2D eigenvalue weighted by atomic mass is 10.1. The van der Waals surface area contributed by atoms with Crippen LogP contribution in [0.3, 0.4) is 0 Å². The van der Waals surface area contributed by atoms with Crippen LogP contribution in [0.5, 0.6) is 5.75 Å². The Labute approximate surface area is 140 Å². The van der Waals surface area contributed by atoms with Crippen LogP contribution in [0.2, 0.25) is 5.02 Å². The van der Waals surface area contributed by atoms with Gasteiger partial charge >= 0.3 is 0 Å². The molecule has 2 aromatic carbocycles. The van der Waals surface area contributed by atoms with Gasteiger partial charge < -0.3 is 10.1 Å². The van der Waals surface area contributed by atoms with Gasteiger partial charge in [0.25, 0.3) is 0 Å². The highest BCUT2D eigenvalue weighted by molar-refractivity contribution is 8.00. The van der Waals surface area contributed by atoms with Gasteiger partial charge in [-0.3, -0.25) is 4.79 Å². The third-order valence-corrected chi connectivity index (χ3v) is 4.34. The van der Waals surface area contributed by atoms with E-state index in [1.54, 1.807) is 7.11 Å². The molecular weight excluding hydrogens is 318 g/mol. The fourth-order valence-electron chi connectivity index (χ4n) is 1.87. The average molecular weight is 336 g/mol. The zero-order chi connectivity index (χ0) is 15.8. The van der Waals surface area contributed by atoms with Gasteiger partial charge in [-0.1, -0.05) is 23.7 Å². The second-order valence-corrected chi connectivity index (χ2v) is 6.18. The van der Waals surface area contributed by atoms with Gasteiger partial charge in [0.1, 0.15) is 5.75 Å². The van der Waals surface area contributed by atoms with Crippen molar-refractivity contribution >= 4 is 29.3 Å². The van der Waals surface area contributed by atoms with Crippen LogP contribution in [-0.2, 0) is 11.2 Å². The molecule has 0 aromatic heterocycles. The molecular formula is C17H18ClNO2S. The lowest BCUT2D eigenvalue weighted by Gasteiger charge is -2.06. The van der Waals surface area contributed by atoms with Crippen molar-refractivity contribution in [3.63, 3.8) is 0 Å². The van der Waals surface area contributed by atoms with Crippen molar-refractivity contribution in [3.05, 3.63) is 59.1 Å². The zero-order valence-corrected chi connectivity index (χ0v) is 13.9. The monoisotopic (exact) mass is 335 g/mol. The van der Waals surface area contributed by atoms with E-state index >= 15 is 0 Å². The highest BCUT2D eigenvalue weighted by Crippen LogP contribution is 2.20. The number of benzene rings is 2. The van der Waals surface area contributed by atoms with Gasteiger partial charge in [-0.2, -0.15) is 0 Å². The second-order valence-electron chi connectivity index (χ2n) is 4.69. The average Bonchev–Trinajstić information content (AvgIpc) is 2.55. The maximum absolute atomic E-state index is 11.8. The largest absolute Gasteiger partial charge is 0.497 e. The standard InChI is InChI=1S/C17H18ClNO2S/c1-21-15-6-8-16(9-7-15)22-12-17(20)19-11-10-13-2-4-14(18)5-3-13/h2-9H,10-12H2,1H3,(H,19,20). The lowest BCUT2D eigenvalue weighted by Crippen LogP contribution is -2.27. The molecule has 0 atom stereocenters. The third kappa shape index (κ3) is 5.62. The first-order chi connectivity index (χ1) is 10.7. The number of hydrogen-bond acceptors (Lipinski definition) is 3. The molecule has 0 bridgehead atoms. The second kappa shape index (κ2) is 8.71. The van der Waals surface area contributed by atoms with Gasteiger partial charge in [-0.25, -0.2) is 0 Å². The Balaban J connectivity index is 1.68. The number of ether oxygens (including phenoxy) is 1. The molecule has 1 N–H and O–H groups in total. The minimum absolute atomic E-state index is 0.0368. The molecule has 22 heavy (non-hydrogen) atoms. The smallest absolute Gasteiger partial charge is 0.230 e. The number of rotatable bonds is 7. The van der Waals surface area contributed by atoms with Crippen molar-refractivity contribution in [2.75, 3.05) is 19.4 Å². The van der Waals surface area contributed by atoms with Crippen molar-refractivity contribution in [1.82, 2.24) is 5.32 Å². The summed E-state index contributed by atoms with van der Waals surface area (Å²) in [4.78, 5) is 12.9. The zero-order valence-electron chi connectivity index (χ0n) is 12.3. The van der Waals surface area contributed by atoms with E-state index in [4.69, 9.17) is 16.3 Å². The van der Waals surface area contributed by atoms with Crippen LogP contribution in [0.25, 0.3) is 0 Å². The van der Waals surface area contributed by atoms with E-state index in [1.807, 2.05) is 48.5 Å². The summed E-state index contributed by atoms with van der Waals surface area (Å²) in [6, 6.07) is 15.3. The van der Waals surface area contributed by atoms with Gasteiger partial charge in [0.2, 0.25) is 5.91 Å². The Morgan fingerprint density at radius 3 is 2.45 bits per heavy atom. The number of nitrogens with one attached hydrogen (secondary N) is 1. The summed E-state index contributed by atoms with van der Waals surface area (Å²) in [6.07, 6.45) is 0.802. The highest BCUT2D eigenvalue weighted by atomic mass is 35.5. The molecule has 1 amide bonds. The van der Waals surface area contributed by atoms with Crippen LogP contribution < -0.4 is 10.1 Å². The summed E-state index contributed by atoms with van der Waals surface area (Å²) in [6.45, 7) is 0.629. The van der Waals surface area contributed by atoms with Gasteiger partial charge in [0.15, 0.2) is 0 Å². The van der Waals surface area contributed by atoms with Gasteiger partial charge in [0, 0.05) is 16.5 Å². The van der Waals surface area contributed by atoms with Crippen LogP contribution in [0.4, 0.5) is 0 Å². The highest BCUT2D eigenvalue weighted by Gasteiger charge is 2.03. The number of amides is 1. The van der Waals surface area contributed by atoms with E-state index in [-0.39, 0.29) is 5.91 Å². The number of thioether (sulfide) groups is 1. The van der Waals surface area contributed by atoms with Crippen molar-refractivity contribution in [2.24, 2.45) is 0 Å². The SMILES string of the molecule is COc1ccc(SCC(=O)NCCc2ccc(Cl)cc2)cc1. The minimum atomic E-state index is 0.0368. The summed E-state index contributed by atoms with van der Waals surface area (Å²) in [7, 11) is 1.64. The molecule has 116 valence electrons. The van der Waals surface area contributed by atoms with Crippen LogP contribution in [0, 0.1) is 0 Å².